The lowest BCUT2D eigenvalue weighted by Gasteiger charge is -2.04. The molecule has 0 aliphatic carbocycles. The third-order valence-electron chi connectivity index (χ3n) is 2.01. The minimum atomic E-state index is -1.01. The number of halogens is 1. The van der Waals surface area contributed by atoms with E-state index >= 15 is 0 Å². The first-order valence-electron chi connectivity index (χ1n) is 4.79. The van der Waals surface area contributed by atoms with Crippen LogP contribution in [0, 0.1) is 5.95 Å². The van der Waals surface area contributed by atoms with E-state index in [2.05, 4.69) is 4.98 Å². The van der Waals surface area contributed by atoms with E-state index in [0.717, 1.165) is 0 Å². The number of aromatic nitrogens is 1. The Morgan fingerprint density at radius 1 is 1.18 bits per heavy atom. The molecule has 0 bridgehead atoms. The summed E-state index contributed by atoms with van der Waals surface area (Å²) in [6.07, 6.45) is 0. The summed E-state index contributed by atoms with van der Waals surface area (Å²) >= 11 is 0. The van der Waals surface area contributed by atoms with Crippen LogP contribution in [0.4, 0.5) is 4.39 Å². The first-order chi connectivity index (χ1) is 8.15. The number of rotatable bonds is 3. The van der Waals surface area contributed by atoms with Crippen molar-refractivity contribution >= 4 is 5.97 Å². The average molecular weight is 233 g/mol. The maximum atomic E-state index is 12.8. The SMILES string of the molecule is O=C(O)c1ccc(Oc2cccc(F)n2)cc1. The predicted octanol–water partition coefficient (Wildman–Crippen LogP) is 2.71. The van der Waals surface area contributed by atoms with E-state index in [0.29, 0.717) is 5.75 Å². The fraction of sp³-hybridized carbons (Fsp3) is 0. The molecule has 4 nitrogen and oxygen atoms in total. The maximum Gasteiger partial charge on any atom is 0.335 e. The number of benzene rings is 1. The van der Waals surface area contributed by atoms with Gasteiger partial charge < -0.3 is 9.84 Å². The molecule has 0 fully saturated rings. The number of ether oxygens (including phenoxy) is 1. The maximum absolute atomic E-state index is 12.8. The lowest BCUT2D eigenvalue weighted by atomic mass is 10.2. The quantitative estimate of drug-likeness (QED) is 0.828. The molecule has 0 saturated heterocycles. The van der Waals surface area contributed by atoms with Crippen LogP contribution >= 0.6 is 0 Å². The molecule has 0 unspecified atom stereocenters. The number of carboxylic acids is 1. The summed E-state index contributed by atoms with van der Waals surface area (Å²) in [4.78, 5) is 14.1. The second-order valence-corrected chi connectivity index (χ2v) is 3.23. The summed E-state index contributed by atoms with van der Waals surface area (Å²) < 4.78 is 18.0. The van der Waals surface area contributed by atoms with Gasteiger partial charge >= 0.3 is 5.97 Å². The molecule has 0 aliphatic rings. The minimum absolute atomic E-state index is 0.119. The van der Waals surface area contributed by atoms with Crippen LogP contribution in [-0.2, 0) is 0 Å². The van der Waals surface area contributed by atoms with Gasteiger partial charge in [0.15, 0.2) is 0 Å². The molecule has 0 saturated carbocycles. The molecule has 0 amide bonds. The molecule has 1 aromatic heterocycles. The zero-order valence-electron chi connectivity index (χ0n) is 8.63. The van der Waals surface area contributed by atoms with Crippen LogP contribution in [0.3, 0.4) is 0 Å². The van der Waals surface area contributed by atoms with Crippen molar-refractivity contribution in [3.8, 4) is 11.6 Å². The second kappa shape index (κ2) is 4.61. The molecular weight excluding hydrogens is 225 g/mol. The van der Waals surface area contributed by atoms with Crippen molar-refractivity contribution in [2.75, 3.05) is 0 Å². The van der Waals surface area contributed by atoms with Gasteiger partial charge in [0.1, 0.15) is 5.75 Å². The topological polar surface area (TPSA) is 59.4 Å². The van der Waals surface area contributed by atoms with Gasteiger partial charge in [0.25, 0.3) is 0 Å². The van der Waals surface area contributed by atoms with Crippen LogP contribution in [0.1, 0.15) is 10.4 Å². The predicted molar refractivity (Wildman–Crippen MR) is 57.7 cm³/mol. The van der Waals surface area contributed by atoms with Gasteiger partial charge in [-0.2, -0.15) is 9.37 Å². The van der Waals surface area contributed by atoms with Crippen molar-refractivity contribution in [3.05, 3.63) is 54.0 Å². The summed E-state index contributed by atoms with van der Waals surface area (Å²) in [6, 6.07) is 9.96. The number of aromatic carboxylic acids is 1. The molecule has 0 atom stereocenters. The number of carbonyl (C=O) groups is 1. The van der Waals surface area contributed by atoms with Gasteiger partial charge in [0.05, 0.1) is 5.56 Å². The van der Waals surface area contributed by atoms with Crippen molar-refractivity contribution in [2.45, 2.75) is 0 Å². The lowest BCUT2D eigenvalue weighted by molar-refractivity contribution is 0.0697. The van der Waals surface area contributed by atoms with E-state index in [1.165, 1.54) is 42.5 Å². The van der Waals surface area contributed by atoms with E-state index < -0.39 is 11.9 Å². The number of nitrogens with zero attached hydrogens (tertiary/aromatic N) is 1. The summed E-state index contributed by atoms with van der Waals surface area (Å²) in [5, 5.41) is 8.70. The molecule has 1 N–H and O–H groups in total. The van der Waals surface area contributed by atoms with Crippen molar-refractivity contribution in [1.29, 1.82) is 0 Å². The van der Waals surface area contributed by atoms with Crippen molar-refractivity contribution < 1.29 is 19.0 Å². The number of carboxylic acid groups (broad SMARTS) is 1. The van der Waals surface area contributed by atoms with E-state index in [1.54, 1.807) is 0 Å². The summed E-state index contributed by atoms with van der Waals surface area (Å²) in [6.45, 7) is 0. The molecule has 2 aromatic rings. The fourth-order valence-electron chi connectivity index (χ4n) is 1.23. The highest BCUT2D eigenvalue weighted by molar-refractivity contribution is 5.87. The van der Waals surface area contributed by atoms with Gasteiger partial charge in [-0.05, 0) is 30.3 Å². The molecule has 1 heterocycles. The largest absolute Gasteiger partial charge is 0.478 e. The fourth-order valence-corrected chi connectivity index (χ4v) is 1.23. The monoisotopic (exact) mass is 233 g/mol. The molecule has 0 aliphatic heterocycles. The van der Waals surface area contributed by atoms with Gasteiger partial charge in [-0.15, -0.1) is 0 Å². The highest BCUT2D eigenvalue weighted by Gasteiger charge is 2.03. The highest BCUT2D eigenvalue weighted by Crippen LogP contribution is 2.19. The van der Waals surface area contributed by atoms with E-state index in [9.17, 15) is 9.18 Å². The number of pyridine rings is 1. The Morgan fingerprint density at radius 3 is 2.47 bits per heavy atom. The van der Waals surface area contributed by atoms with Crippen molar-refractivity contribution in [1.82, 2.24) is 4.98 Å². The average Bonchev–Trinajstić information content (AvgIpc) is 2.29. The van der Waals surface area contributed by atoms with Crippen LogP contribution in [-0.4, -0.2) is 16.1 Å². The number of hydrogen-bond acceptors (Lipinski definition) is 3. The molecule has 5 heteroatoms. The normalized spacial score (nSPS) is 9.94. The van der Waals surface area contributed by atoms with Gasteiger partial charge in [-0.25, -0.2) is 4.79 Å². The Kier molecular flexibility index (Phi) is 3.00. The van der Waals surface area contributed by atoms with Crippen molar-refractivity contribution in [2.24, 2.45) is 0 Å². The van der Waals surface area contributed by atoms with Gasteiger partial charge in [-0.1, -0.05) is 6.07 Å². The van der Waals surface area contributed by atoms with E-state index in [1.807, 2.05) is 0 Å². The Hall–Kier alpha value is -2.43. The first-order valence-corrected chi connectivity index (χ1v) is 4.79. The van der Waals surface area contributed by atoms with Crippen LogP contribution in [0.15, 0.2) is 42.5 Å². The molecule has 0 spiro atoms. The van der Waals surface area contributed by atoms with Crippen LogP contribution in [0.2, 0.25) is 0 Å². The lowest BCUT2D eigenvalue weighted by Crippen LogP contribution is -1.95. The Labute approximate surface area is 96.3 Å². The molecule has 2 rings (SSSR count). The smallest absolute Gasteiger partial charge is 0.335 e. The van der Waals surface area contributed by atoms with Crippen LogP contribution in [0.25, 0.3) is 0 Å². The zero-order chi connectivity index (χ0) is 12.3. The van der Waals surface area contributed by atoms with Crippen LogP contribution in [0.5, 0.6) is 11.6 Å². The molecule has 0 radical (unpaired) electrons. The Balaban J connectivity index is 2.16. The van der Waals surface area contributed by atoms with Crippen LogP contribution < -0.4 is 4.74 Å². The first kappa shape index (κ1) is 11.1. The second-order valence-electron chi connectivity index (χ2n) is 3.23. The van der Waals surface area contributed by atoms with E-state index in [-0.39, 0.29) is 11.4 Å². The highest BCUT2D eigenvalue weighted by atomic mass is 19.1. The minimum Gasteiger partial charge on any atom is -0.478 e. The molecular formula is C12H8FNO3. The van der Waals surface area contributed by atoms with Gasteiger partial charge in [-0.3, -0.25) is 0 Å². The molecule has 17 heavy (non-hydrogen) atoms. The standard InChI is InChI=1S/C12H8FNO3/c13-10-2-1-3-11(14-10)17-9-6-4-8(5-7-9)12(15)16/h1-7H,(H,15,16). The molecule has 86 valence electrons. The van der Waals surface area contributed by atoms with Gasteiger partial charge in [0.2, 0.25) is 11.8 Å². The third-order valence-corrected chi connectivity index (χ3v) is 2.01. The third kappa shape index (κ3) is 2.78. The van der Waals surface area contributed by atoms with E-state index in [4.69, 9.17) is 9.84 Å². The zero-order valence-corrected chi connectivity index (χ0v) is 8.63. The summed E-state index contributed by atoms with van der Waals surface area (Å²) in [5.74, 6) is -1.13. The summed E-state index contributed by atoms with van der Waals surface area (Å²) in [7, 11) is 0. The Morgan fingerprint density at radius 2 is 1.88 bits per heavy atom. The number of hydrogen-bond donors (Lipinski definition) is 1. The molecule has 1 aromatic carbocycles. The van der Waals surface area contributed by atoms with Crippen molar-refractivity contribution in [3.63, 3.8) is 0 Å². The summed E-state index contributed by atoms with van der Waals surface area (Å²) in [5.41, 5.74) is 0.157. The van der Waals surface area contributed by atoms with Gasteiger partial charge in [0, 0.05) is 6.07 Å². The Bertz CT molecular complexity index is 540.